The number of carbonyl (C=O) groups is 1. The Morgan fingerprint density at radius 1 is 1.24 bits per heavy atom. The van der Waals surface area contributed by atoms with E-state index in [4.69, 9.17) is 23.2 Å². The number of thioether (sulfide) groups is 1. The van der Waals surface area contributed by atoms with Gasteiger partial charge < -0.3 is 0 Å². The van der Waals surface area contributed by atoms with Crippen molar-refractivity contribution in [3.8, 4) is 0 Å². The van der Waals surface area contributed by atoms with Gasteiger partial charge in [0.2, 0.25) is 0 Å². The van der Waals surface area contributed by atoms with E-state index in [1.807, 2.05) is 0 Å². The Bertz CT molecular complexity index is 807. The van der Waals surface area contributed by atoms with Gasteiger partial charge in [-0.2, -0.15) is 18.3 Å². The lowest BCUT2D eigenvalue weighted by Gasteiger charge is -2.14. The van der Waals surface area contributed by atoms with Crippen molar-refractivity contribution < 1.29 is 18.0 Å². The van der Waals surface area contributed by atoms with Crippen LogP contribution >= 0.6 is 35.0 Å². The molecule has 0 saturated carbocycles. The van der Waals surface area contributed by atoms with Gasteiger partial charge in [-0.05, 0) is 12.3 Å². The third-order valence-electron chi connectivity index (χ3n) is 2.90. The number of hydrogen-bond donors (Lipinski definition) is 1. The summed E-state index contributed by atoms with van der Waals surface area (Å²) in [5.41, 5.74) is 0.378. The van der Waals surface area contributed by atoms with E-state index >= 15 is 0 Å². The van der Waals surface area contributed by atoms with Crippen LogP contribution in [0.5, 0.6) is 0 Å². The molecule has 0 aliphatic rings. The predicted molar refractivity (Wildman–Crippen MR) is 91.9 cm³/mol. The molecule has 0 amide bonds. The molecular formula is C14H9Cl2F3N4OS. The molecule has 0 aliphatic carbocycles. The van der Waals surface area contributed by atoms with Crippen LogP contribution in [0.25, 0.3) is 0 Å². The van der Waals surface area contributed by atoms with Gasteiger partial charge in [-0.25, -0.2) is 9.97 Å². The van der Waals surface area contributed by atoms with Gasteiger partial charge in [0.15, 0.2) is 11.4 Å². The molecule has 1 N–H and O–H groups in total. The standard InChI is InChI=1S/C14H9Cl2F3N4OS/c1-25-13-21-11(15)8(12(16)22-13)5-20-23-9-4-2-3-7(6-24)10(9)14(17,18)19/h2-6,23H,1H3/b20-5+. The van der Waals surface area contributed by atoms with Gasteiger partial charge in [-0.3, -0.25) is 10.2 Å². The van der Waals surface area contributed by atoms with Crippen molar-refractivity contribution >= 4 is 53.2 Å². The van der Waals surface area contributed by atoms with Gasteiger partial charge >= 0.3 is 6.18 Å². The molecule has 11 heteroatoms. The summed E-state index contributed by atoms with van der Waals surface area (Å²) in [5.74, 6) is 0. The number of rotatable bonds is 5. The van der Waals surface area contributed by atoms with Gasteiger partial charge in [0, 0.05) is 5.56 Å². The van der Waals surface area contributed by atoms with Crippen LogP contribution in [0, 0.1) is 0 Å². The lowest BCUT2D eigenvalue weighted by molar-refractivity contribution is -0.137. The van der Waals surface area contributed by atoms with Crippen LogP contribution in [0.3, 0.4) is 0 Å². The first-order valence-electron chi connectivity index (χ1n) is 6.49. The van der Waals surface area contributed by atoms with Crippen LogP contribution < -0.4 is 5.43 Å². The third kappa shape index (κ3) is 4.62. The Balaban J connectivity index is 2.34. The van der Waals surface area contributed by atoms with Crippen molar-refractivity contribution in [2.75, 3.05) is 11.7 Å². The average molecular weight is 409 g/mol. The highest BCUT2D eigenvalue weighted by molar-refractivity contribution is 7.98. The fraction of sp³-hybridized carbons (Fsp3) is 0.143. The number of benzene rings is 1. The fourth-order valence-corrected chi connectivity index (χ4v) is 2.79. The quantitative estimate of drug-likeness (QED) is 0.192. The molecule has 0 bridgehead atoms. The smallest absolute Gasteiger partial charge is 0.298 e. The summed E-state index contributed by atoms with van der Waals surface area (Å²) in [6, 6.07) is 3.50. The van der Waals surface area contributed by atoms with Gasteiger partial charge in [0.05, 0.1) is 23.0 Å². The van der Waals surface area contributed by atoms with Crippen molar-refractivity contribution in [1.82, 2.24) is 9.97 Å². The van der Waals surface area contributed by atoms with Gasteiger partial charge in [0.1, 0.15) is 10.3 Å². The molecule has 0 atom stereocenters. The van der Waals surface area contributed by atoms with E-state index < -0.39 is 17.3 Å². The average Bonchev–Trinajstić information content (AvgIpc) is 2.55. The molecule has 0 fully saturated rings. The van der Waals surface area contributed by atoms with Gasteiger partial charge in [0.25, 0.3) is 0 Å². The van der Waals surface area contributed by atoms with Crippen LogP contribution in [-0.2, 0) is 6.18 Å². The lowest BCUT2D eigenvalue weighted by Crippen LogP contribution is -2.12. The number of halogens is 5. The number of nitrogens with one attached hydrogen (secondary N) is 1. The molecular weight excluding hydrogens is 400 g/mol. The SMILES string of the molecule is CSc1nc(Cl)c(/C=N/Nc2cccc(C=O)c2C(F)(F)F)c(Cl)n1. The van der Waals surface area contributed by atoms with E-state index in [0.717, 1.165) is 18.3 Å². The summed E-state index contributed by atoms with van der Waals surface area (Å²) in [4.78, 5) is 18.8. The number of aromatic nitrogens is 2. The molecule has 2 rings (SSSR count). The van der Waals surface area contributed by atoms with Crippen LogP contribution in [0.15, 0.2) is 28.5 Å². The summed E-state index contributed by atoms with van der Waals surface area (Å²) < 4.78 is 39.4. The molecule has 0 spiro atoms. The summed E-state index contributed by atoms with van der Waals surface area (Å²) in [6.45, 7) is 0. The number of carbonyl (C=O) groups excluding carboxylic acids is 1. The minimum absolute atomic E-state index is 0.00703. The molecule has 1 heterocycles. The first kappa shape index (κ1) is 19.5. The zero-order valence-electron chi connectivity index (χ0n) is 12.4. The minimum atomic E-state index is -4.73. The van der Waals surface area contributed by atoms with Crippen LogP contribution in [0.4, 0.5) is 18.9 Å². The number of hydrazone groups is 1. The van der Waals surface area contributed by atoms with E-state index in [-0.39, 0.29) is 27.8 Å². The second-order valence-corrected chi connectivity index (χ2v) is 5.95. The monoisotopic (exact) mass is 408 g/mol. The van der Waals surface area contributed by atoms with Crippen molar-refractivity contribution in [1.29, 1.82) is 0 Å². The summed E-state index contributed by atoms with van der Waals surface area (Å²) in [5, 5.41) is 4.05. The van der Waals surface area contributed by atoms with E-state index in [1.54, 1.807) is 6.26 Å². The van der Waals surface area contributed by atoms with Crippen molar-refractivity contribution in [2.45, 2.75) is 11.3 Å². The first-order valence-corrected chi connectivity index (χ1v) is 8.47. The van der Waals surface area contributed by atoms with Crippen LogP contribution in [0.1, 0.15) is 21.5 Å². The number of anilines is 1. The molecule has 2 aromatic rings. The highest BCUT2D eigenvalue weighted by Crippen LogP contribution is 2.37. The second-order valence-electron chi connectivity index (χ2n) is 4.46. The molecule has 1 aromatic heterocycles. The summed E-state index contributed by atoms with van der Waals surface area (Å²) in [6.07, 6.45) is -1.77. The molecule has 0 radical (unpaired) electrons. The number of nitrogens with zero attached hydrogens (tertiary/aromatic N) is 3. The Kier molecular flexibility index (Phi) is 6.26. The molecule has 5 nitrogen and oxygen atoms in total. The maximum Gasteiger partial charge on any atom is 0.419 e. The normalized spacial score (nSPS) is 11.8. The maximum absolute atomic E-state index is 13.1. The zero-order valence-corrected chi connectivity index (χ0v) is 14.8. The molecule has 1 aromatic carbocycles. The minimum Gasteiger partial charge on any atom is -0.298 e. The van der Waals surface area contributed by atoms with Crippen molar-refractivity contribution in [3.05, 3.63) is 45.2 Å². The van der Waals surface area contributed by atoms with Gasteiger partial charge in [-0.15, -0.1) is 0 Å². The Morgan fingerprint density at radius 3 is 2.40 bits per heavy atom. The zero-order chi connectivity index (χ0) is 18.6. The van der Waals surface area contributed by atoms with E-state index in [9.17, 15) is 18.0 Å². The van der Waals surface area contributed by atoms with Crippen molar-refractivity contribution in [2.24, 2.45) is 5.10 Å². The fourth-order valence-electron chi connectivity index (χ4n) is 1.84. The topological polar surface area (TPSA) is 67.2 Å². The Morgan fingerprint density at radius 2 is 1.88 bits per heavy atom. The van der Waals surface area contributed by atoms with E-state index in [1.165, 1.54) is 17.8 Å². The number of hydrogen-bond acceptors (Lipinski definition) is 6. The molecule has 0 unspecified atom stereocenters. The van der Waals surface area contributed by atoms with Gasteiger partial charge in [-0.1, -0.05) is 47.1 Å². The lowest BCUT2D eigenvalue weighted by atomic mass is 10.1. The molecule has 0 aliphatic heterocycles. The van der Waals surface area contributed by atoms with Crippen LogP contribution in [-0.4, -0.2) is 28.7 Å². The Labute approximate surface area is 154 Å². The highest BCUT2D eigenvalue weighted by atomic mass is 35.5. The molecule has 132 valence electrons. The predicted octanol–water partition coefficient (Wildman–Crippen LogP) is 4.78. The Hall–Kier alpha value is -1.84. The number of alkyl halides is 3. The highest BCUT2D eigenvalue weighted by Gasteiger charge is 2.36. The summed E-state index contributed by atoms with van der Waals surface area (Å²) >= 11 is 13.1. The maximum atomic E-state index is 13.1. The largest absolute Gasteiger partial charge is 0.419 e. The van der Waals surface area contributed by atoms with Crippen molar-refractivity contribution in [3.63, 3.8) is 0 Å². The van der Waals surface area contributed by atoms with Crippen LogP contribution in [0.2, 0.25) is 10.3 Å². The molecule has 25 heavy (non-hydrogen) atoms. The van der Waals surface area contributed by atoms with E-state index in [2.05, 4.69) is 20.5 Å². The summed E-state index contributed by atoms with van der Waals surface area (Å²) in [7, 11) is 0. The first-order chi connectivity index (χ1) is 11.8. The molecule has 0 saturated heterocycles. The number of aldehydes is 1. The third-order valence-corrected chi connectivity index (χ3v) is 4.02. The van der Waals surface area contributed by atoms with E-state index in [0.29, 0.717) is 5.16 Å². The second kappa shape index (κ2) is 8.03.